The van der Waals surface area contributed by atoms with E-state index in [0.717, 1.165) is 0 Å². The molecule has 74 valence electrons. The maximum atomic E-state index is 8.33. The quantitative estimate of drug-likeness (QED) is 0.548. The molecule has 0 aliphatic heterocycles. The van der Waals surface area contributed by atoms with Crippen LogP contribution >= 0.6 is 0 Å². The van der Waals surface area contributed by atoms with Crippen molar-refractivity contribution >= 4 is 44.9 Å². The van der Waals surface area contributed by atoms with Crippen LogP contribution in [0.2, 0.25) is 0 Å². The van der Waals surface area contributed by atoms with Gasteiger partial charge in [-0.25, -0.2) is 0 Å². The summed E-state index contributed by atoms with van der Waals surface area (Å²) in [6, 6.07) is 15.1. The summed E-state index contributed by atoms with van der Waals surface area (Å²) in [5.74, 6) is 0. The van der Waals surface area contributed by atoms with Crippen LogP contribution in [0.15, 0.2) is 42.5 Å². The fourth-order valence-corrected chi connectivity index (χ4v) is 2.01. The predicted molar refractivity (Wildman–Crippen MR) is 54.7 cm³/mol. The zero-order valence-corrected chi connectivity index (χ0v) is 11.2. The summed E-state index contributed by atoms with van der Waals surface area (Å²) in [6.45, 7) is 0. The molecule has 0 saturated heterocycles. The summed E-state index contributed by atoms with van der Waals surface area (Å²) >= 11 is 1.34. The van der Waals surface area contributed by atoms with Gasteiger partial charge in [0.1, 0.15) is 0 Å². The molecule has 4 heteroatoms. The molecule has 2 rings (SSSR count). The van der Waals surface area contributed by atoms with Gasteiger partial charge in [-0.2, -0.15) is 0 Å². The van der Waals surface area contributed by atoms with Gasteiger partial charge in [-0.3, -0.25) is 0 Å². The summed E-state index contributed by atoms with van der Waals surface area (Å²) in [6.07, 6.45) is -2.33. The van der Waals surface area contributed by atoms with Gasteiger partial charge in [0.15, 0.2) is 0 Å². The van der Waals surface area contributed by atoms with Gasteiger partial charge >= 0.3 is 81.2 Å². The number of fused-ring (bicyclic) bond motifs is 1. The van der Waals surface area contributed by atoms with Gasteiger partial charge in [0.2, 0.25) is 0 Å². The zero-order chi connectivity index (χ0) is 11.3. The van der Waals surface area contributed by atoms with Crippen molar-refractivity contribution in [2.75, 3.05) is 0 Å². The Morgan fingerprint density at radius 3 is 2.13 bits per heavy atom. The molecule has 0 spiro atoms. The number of carbonyl (C=O) groups excluding carboxylic acids is 1. The molecule has 0 aliphatic rings. The first-order chi connectivity index (χ1) is 7.09. The SMILES string of the molecule is O=C([O-])[O-].[Bi+2][c]1ccc2ccccc2c1. The van der Waals surface area contributed by atoms with E-state index in [1.54, 1.807) is 0 Å². The van der Waals surface area contributed by atoms with Crippen LogP contribution in [-0.2, 0) is 0 Å². The second kappa shape index (κ2) is 5.67. The summed E-state index contributed by atoms with van der Waals surface area (Å²) in [7, 11) is 0. The van der Waals surface area contributed by atoms with E-state index in [0.29, 0.717) is 0 Å². The van der Waals surface area contributed by atoms with Crippen molar-refractivity contribution in [2.24, 2.45) is 0 Å². The van der Waals surface area contributed by atoms with Crippen molar-refractivity contribution in [1.82, 2.24) is 0 Å². The van der Waals surface area contributed by atoms with Crippen molar-refractivity contribution in [3.05, 3.63) is 42.5 Å². The third-order valence-electron chi connectivity index (χ3n) is 1.73. The second-order valence-corrected chi connectivity index (χ2v) is 4.79. The number of hydrogen-bond acceptors (Lipinski definition) is 3. The number of hydrogen-bond donors (Lipinski definition) is 0. The molecule has 0 unspecified atom stereocenters. The van der Waals surface area contributed by atoms with E-state index < -0.39 is 6.16 Å². The molecular weight excluding hydrogens is 389 g/mol. The molecule has 0 N–H and O–H groups in total. The van der Waals surface area contributed by atoms with Crippen molar-refractivity contribution < 1.29 is 15.0 Å². The maximum absolute atomic E-state index is 8.33. The first kappa shape index (κ1) is 11.9. The van der Waals surface area contributed by atoms with Crippen LogP contribution in [0.25, 0.3) is 10.8 Å². The molecule has 15 heavy (non-hydrogen) atoms. The Morgan fingerprint density at radius 1 is 1.00 bits per heavy atom. The number of carboxylic acid groups (broad SMARTS) is 2. The third-order valence-corrected chi connectivity index (χ3v) is 2.81. The van der Waals surface area contributed by atoms with E-state index in [4.69, 9.17) is 15.0 Å². The summed E-state index contributed by atoms with van der Waals surface area (Å²) in [5.41, 5.74) is 0. The van der Waals surface area contributed by atoms with Gasteiger partial charge in [-0.15, -0.1) is 0 Å². The van der Waals surface area contributed by atoms with Crippen molar-refractivity contribution in [2.45, 2.75) is 0 Å². The van der Waals surface area contributed by atoms with E-state index in [1.807, 2.05) is 0 Å². The number of carbonyl (C=O) groups is 1. The van der Waals surface area contributed by atoms with Gasteiger partial charge in [0, 0.05) is 0 Å². The van der Waals surface area contributed by atoms with E-state index in [2.05, 4.69) is 42.5 Å². The van der Waals surface area contributed by atoms with Crippen LogP contribution in [-0.4, -0.2) is 30.9 Å². The number of benzene rings is 2. The Kier molecular flexibility index (Phi) is 4.50. The Labute approximate surface area is 102 Å². The first-order valence-corrected chi connectivity index (χ1v) is 5.89. The summed E-state index contributed by atoms with van der Waals surface area (Å²) in [4.78, 5) is 8.33. The van der Waals surface area contributed by atoms with Gasteiger partial charge in [0.25, 0.3) is 0 Å². The van der Waals surface area contributed by atoms with Crippen LogP contribution < -0.4 is 13.5 Å². The van der Waals surface area contributed by atoms with Crippen LogP contribution in [0.1, 0.15) is 0 Å². The average molecular weight is 396 g/mol. The summed E-state index contributed by atoms with van der Waals surface area (Å²) < 4.78 is 1.43. The van der Waals surface area contributed by atoms with E-state index >= 15 is 0 Å². The van der Waals surface area contributed by atoms with Gasteiger partial charge in [-0.05, 0) is 6.16 Å². The fourth-order valence-electron chi connectivity index (χ4n) is 1.18. The Morgan fingerprint density at radius 2 is 1.53 bits per heavy atom. The minimum absolute atomic E-state index is 1.34. The van der Waals surface area contributed by atoms with Crippen molar-refractivity contribution in [3.63, 3.8) is 0 Å². The van der Waals surface area contributed by atoms with Gasteiger partial charge < -0.3 is 15.0 Å². The van der Waals surface area contributed by atoms with Crippen molar-refractivity contribution in [3.8, 4) is 0 Å². The number of rotatable bonds is 0. The molecule has 2 aromatic rings. The average Bonchev–Trinajstić information content (AvgIpc) is 2.16. The molecular formula is C11H7BiO3. The first-order valence-electron chi connectivity index (χ1n) is 4.15. The predicted octanol–water partition coefficient (Wildman–Crippen LogP) is -0.813. The molecule has 0 fully saturated rings. The molecule has 2 aromatic carbocycles. The Bertz CT molecular complexity index is 464. The molecule has 2 radical (unpaired) electrons. The molecule has 0 amide bonds. The zero-order valence-electron chi connectivity index (χ0n) is 7.71. The molecule has 0 atom stereocenters. The molecule has 0 aliphatic carbocycles. The van der Waals surface area contributed by atoms with E-state index in [1.165, 1.54) is 38.8 Å². The molecule has 0 heterocycles. The Hall–Kier alpha value is -1.15. The van der Waals surface area contributed by atoms with E-state index in [-0.39, 0.29) is 0 Å². The molecule has 3 nitrogen and oxygen atoms in total. The van der Waals surface area contributed by atoms with E-state index in [9.17, 15) is 0 Å². The molecule has 0 aromatic heterocycles. The van der Waals surface area contributed by atoms with Crippen LogP contribution in [0.3, 0.4) is 0 Å². The third kappa shape index (κ3) is 4.26. The molecule has 0 saturated carbocycles. The van der Waals surface area contributed by atoms with Crippen LogP contribution in [0, 0.1) is 0 Å². The van der Waals surface area contributed by atoms with Crippen LogP contribution in [0.5, 0.6) is 0 Å². The Balaban J connectivity index is 0.000000245. The van der Waals surface area contributed by atoms with Gasteiger partial charge in [0.05, 0.1) is 0 Å². The normalized spacial score (nSPS) is 9.07. The van der Waals surface area contributed by atoms with Gasteiger partial charge in [-0.1, -0.05) is 0 Å². The monoisotopic (exact) mass is 396 g/mol. The summed E-state index contributed by atoms with van der Waals surface area (Å²) in [5, 5.41) is 19.4. The minimum atomic E-state index is -2.33. The van der Waals surface area contributed by atoms with Crippen molar-refractivity contribution in [1.29, 1.82) is 0 Å². The second-order valence-electron chi connectivity index (χ2n) is 2.78. The fraction of sp³-hybridized carbons (Fsp3) is 0. The standard InChI is InChI=1S/C10H7.CH2O3.Bi/c1-2-6-10-8-4-3-7-9(10)5-1;2-1(3)4;/h1-3,5-8H;(H2,2,3,4);/q;;+2/p-2. The molecule has 0 bridgehead atoms. The topological polar surface area (TPSA) is 63.2 Å². The van der Waals surface area contributed by atoms with Crippen LogP contribution in [0.4, 0.5) is 4.79 Å².